The number of amides is 1. The first-order valence-corrected chi connectivity index (χ1v) is 6.47. The minimum Gasteiger partial charge on any atom is -0.288 e. The zero-order valence-electron chi connectivity index (χ0n) is 7.86. The van der Waals surface area contributed by atoms with Crippen LogP contribution in [0.3, 0.4) is 0 Å². The van der Waals surface area contributed by atoms with Crippen LogP contribution >= 0.6 is 46.6 Å². The number of benzene rings is 1. The molecule has 2 rings (SSSR count). The van der Waals surface area contributed by atoms with Gasteiger partial charge in [-0.05, 0) is 23.6 Å². The molecule has 1 aliphatic rings. The molecule has 0 N–H and O–H groups in total. The number of halogens is 3. The number of alkyl halides is 1. The summed E-state index contributed by atoms with van der Waals surface area (Å²) >= 11 is 19.0. The van der Waals surface area contributed by atoms with Crippen molar-refractivity contribution in [2.24, 2.45) is 0 Å². The zero-order chi connectivity index (χ0) is 11.7. The molecule has 1 heterocycles. The Balaban J connectivity index is 2.30. The smallest absolute Gasteiger partial charge is 0.261 e. The maximum atomic E-state index is 12.0. The first-order chi connectivity index (χ1) is 7.59. The molecule has 1 aromatic rings. The van der Waals surface area contributed by atoms with Gasteiger partial charge in [-0.15, -0.1) is 0 Å². The van der Waals surface area contributed by atoms with E-state index in [0.717, 1.165) is 0 Å². The molecular weight excluding hydrogens is 289 g/mol. The van der Waals surface area contributed by atoms with Gasteiger partial charge in [0, 0.05) is 11.2 Å². The van der Waals surface area contributed by atoms with Crippen molar-refractivity contribution in [2.75, 3.05) is 0 Å². The molecule has 2 nitrogen and oxygen atoms in total. The number of carbonyl (C=O) groups excluding carboxylic acids is 1. The molecule has 1 aliphatic heterocycles. The van der Waals surface area contributed by atoms with Crippen molar-refractivity contribution in [3.63, 3.8) is 0 Å². The molecule has 0 fully saturated rings. The largest absolute Gasteiger partial charge is 0.288 e. The lowest BCUT2D eigenvalue weighted by molar-refractivity contribution is 0.0836. The monoisotopic (exact) mass is 293 g/mol. The third-order valence-corrected chi connectivity index (χ3v) is 3.82. The lowest BCUT2D eigenvalue weighted by Crippen LogP contribution is -2.28. The van der Waals surface area contributed by atoms with Crippen LogP contribution in [-0.2, 0) is 0 Å². The van der Waals surface area contributed by atoms with Crippen molar-refractivity contribution < 1.29 is 4.79 Å². The summed E-state index contributed by atoms with van der Waals surface area (Å²) in [5, 5.41) is 2.58. The number of nitrogens with zero attached hydrogens (tertiary/aromatic N) is 1. The fourth-order valence-electron chi connectivity index (χ4n) is 1.26. The second-order valence-corrected chi connectivity index (χ2v) is 5.56. The van der Waals surface area contributed by atoms with E-state index in [1.807, 2.05) is 0 Å². The number of hydrogen-bond donors (Lipinski definition) is 0. The molecule has 1 aromatic carbocycles. The third kappa shape index (κ3) is 2.33. The fraction of sp³-hybridized carbons (Fsp3) is 0.100. The highest BCUT2D eigenvalue weighted by atomic mass is 35.5. The number of hydrogen-bond acceptors (Lipinski definition) is 2. The SMILES string of the molecule is O=C(c1ccc(Cl)cc1Cl)N1C=CSC1Cl. The van der Waals surface area contributed by atoms with Gasteiger partial charge in [0.15, 0.2) is 4.83 Å². The van der Waals surface area contributed by atoms with Gasteiger partial charge < -0.3 is 0 Å². The van der Waals surface area contributed by atoms with Crippen LogP contribution in [0.25, 0.3) is 0 Å². The molecule has 0 spiro atoms. The molecule has 0 saturated heterocycles. The Morgan fingerprint density at radius 1 is 1.38 bits per heavy atom. The van der Waals surface area contributed by atoms with Gasteiger partial charge in [0.05, 0.1) is 10.6 Å². The Morgan fingerprint density at radius 2 is 2.12 bits per heavy atom. The van der Waals surface area contributed by atoms with Crippen LogP contribution in [0.1, 0.15) is 10.4 Å². The Bertz CT molecular complexity index is 463. The average molecular weight is 295 g/mol. The van der Waals surface area contributed by atoms with Gasteiger partial charge in [-0.2, -0.15) is 0 Å². The highest BCUT2D eigenvalue weighted by Gasteiger charge is 2.25. The number of carbonyl (C=O) groups is 1. The summed E-state index contributed by atoms with van der Waals surface area (Å²) in [5.74, 6) is -0.233. The normalized spacial score (nSPS) is 19.2. The van der Waals surface area contributed by atoms with Gasteiger partial charge in [-0.25, -0.2) is 0 Å². The maximum absolute atomic E-state index is 12.0. The van der Waals surface area contributed by atoms with Gasteiger partial charge in [0.1, 0.15) is 0 Å². The van der Waals surface area contributed by atoms with E-state index in [9.17, 15) is 4.79 Å². The summed E-state index contributed by atoms with van der Waals surface area (Å²) in [6.07, 6.45) is 1.63. The molecule has 0 radical (unpaired) electrons. The number of rotatable bonds is 1. The summed E-state index contributed by atoms with van der Waals surface area (Å²) in [4.78, 5) is 13.0. The summed E-state index contributed by atoms with van der Waals surface area (Å²) in [7, 11) is 0. The van der Waals surface area contributed by atoms with Gasteiger partial charge >= 0.3 is 0 Å². The molecule has 1 unspecified atom stereocenters. The minimum atomic E-state index is -0.417. The van der Waals surface area contributed by atoms with Gasteiger partial charge in [-0.1, -0.05) is 46.6 Å². The maximum Gasteiger partial charge on any atom is 0.261 e. The van der Waals surface area contributed by atoms with Gasteiger partial charge in [0.25, 0.3) is 5.91 Å². The molecule has 84 valence electrons. The zero-order valence-corrected chi connectivity index (χ0v) is 10.9. The van der Waals surface area contributed by atoms with Crippen LogP contribution in [0.4, 0.5) is 0 Å². The highest BCUT2D eigenvalue weighted by molar-refractivity contribution is 8.04. The topological polar surface area (TPSA) is 20.3 Å². The average Bonchev–Trinajstić information content (AvgIpc) is 2.63. The van der Waals surface area contributed by atoms with Crippen molar-refractivity contribution in [1.82, 2.24) is 4.90 Å². The predicted molar refractivity (Wildman–Crippen MR) is 69.0 cm³/mol. The predicted octanol–water partition coefficient (Wildman–Crippen LogP) is 4.18. The molecule has 16 heavy (non-hydrogen) atoms. The molecule has 0 bridgehead atoms. The van der Waals surface area contributed by atoms with Crippen LogP contribution in [0.2, 0.25) is 10.0 Å². The minimum absolute atomic E-state index is 0.233. The van der Waals surface area contributed by atoms with E-state index in [1.54, 1.807) is 23.7 Å². The molecule has 0 saturated carbocycles. The van der Waals surface area contributed by atoms with Crippen molar-refractivity contribution >= 4 is 52.5 Å². The van der Waals surface area contributed by atoms with E-state index in [-0.39, 0.29) is 5.91 Å². The molecular formula is C10H6Cl3NOS. The van der Waals surface area contributed by atoms with Crippen molar-refractivity contribution in [3.05, 3.63) is 45.4 Å². The molecule has 1 amide bonds. The Labute approximate surface area is 112 Å². The van der Waals surface area contributed by atoms with Gasteiger partial charge in [0.2, 0.25) is 0 Å². The van der Waals surface area contributed by atoms with Crippen LogP contribution in [0.15, 0.2) is 29.8 Å². The fourth-order valence-corrected chi connectivity index (χ4v) is 2.71. The first-order valence-electron chi connectivity index (χ1n) is 4.33. The summed E-state index contributed by atoms with van der Waals surface area (Å²) in [5.41, 5.74) is 0.392. The van der Waals surface area contributed by atoms with E-state index in [1.165, 1.54) is 22.7 Å². The van der Waals surface area contributed by atoms with E-state index in [4.69, 9.17) is 34.8 Å². The van der Waals surface area contributed by atoms with Crippen molar-refractivity contribution in [1.29, 1.82) is 0 Å². The van der Waals surface area contributed by atoms with E-state index < -0.39 is 4.83 Å². The lowest BCUT2D eigenvalue weighted by Gasteiger charge is -2.18. The highest BCUT2D eigenvalue weighted by Crippen LogP contribution is 2.31. The first kappa shape index (κ1) is 12.1. The molecule has 1 atom stereocenters. The van der Waals surface area contributed by atoms with Crippen LogP contribution in [0, 0.1) is 0 Å². The quantitative estimate of drug-likeness (QED) is 0.572. The molecule has 0 aromatic heterocycles. The third-order valence-electron chi connectivity index (χ3n) is 2.03. The lowest BCUT2D eigenvalue weighted by atomic mass is 10.2. The Hall–Kier alpha value is -0.350. The van der Waals surface area contributed by atoms with E-state index in [2.05, 4.69) is 0 Å². The second-order valence-electron chi connectivity index (χ2n) is 3.05. The summed E-state index contributed by atoms with van der Waals surface area (Å²) < 4.78 is 0. The van der Waals surface area contributed by atoms with E-state index in [0.29, 0.717) is 15.6 Å². The van der Waals surface area contributed by atoms with E-state index >= 15 is 0 Å². The Kier molecular flexibility index (Phi) is 3.70. The van der Waals surface area contributed by atoms with Crippen LogP contribution in [0.5, 0.6) is 0 Å². The van der Waals surface area contributed by atoms with Crippen LogP contribution < -0.4 is 0 Å². The molecule has 6 heteroatoms. The summed E-state index contributed by atoms with van der Waals surface area (Å²) in [6.45, 7) is 0. The molecule has 0 aliphatic carbocycles. The van der Waals surface area contributed by atoms with Crippen molar-refractivity contribution in [2.45, 2.75) is 4.83 Å². The second kappa shape index (κ2) is 4.88. The Morgan fingerprint density at radius 3 is 2.69 bits per heavy atom. The number of thioether (sulfide) groups is 1. The van der Waals surface area contributed by atoms with Gasteiger partial charge in [-0.3, -0.25) is 9.69 Å². The van der Waals surface area contributed by atoms with Crippen LogP contribution in [-0.4, -0.2) is 15.6 Å². The standard InChI is InChI=1S/C10H6Cl3NOS/c11-6-1-2-7(8(12)5-6)9(15)14-3-4-16-10(14)13/h1-5,10H. The van der Waals surface area contributed by atoms with Crippen molar-refractivity contribution in [3.8, 4) is 0 Å². The summed E-state index contributed by atoms with van der Waals surface area (Å²) in [6, 6.07) is 4.75.